The maximum Gasteiger partial charge on any atom is 0.107 e. The molecule has 0 aliphatic rings. The van der Waals surface area contributed by atoms with Crippen LogP contribution in [-0.4, -0.2) is 10.1 Å². The van der Waals surface area contributed by atoms with E-state index < -0.39 is 6.10 Å². The third-order valence-electron chi connectivity index (χ3n) is 1.50. The Morgan fingerprint density at radius 3 is 3.00 bits per heavy atom. The van der Waals surface area contributed by atoms with E-state index in [-0.39, 0.29) is 0 Å². The normalized spacial score (nSPS) is 11.5. The van der Waals surface area contributed by atoms with Crippen molar-refractivity contribution < 1.29 is 5.11 Å². The van der Waals surface area contributed by atoms with Gasteiger partial charge in [-0.15, -0.1) is 11.8 Å². The first-order valence-electron chi connectivity index (χ1n) is 3.83. The Morgan fingerprint density at radius 1 is 1.58 bits per heavy atom. The van der Waals surface area contributed by atoms with Gasteiger partial charge in [-0.1, -0.05) is 6.07 Å². The molecule has 1 unspecified atom stereocenters. The molecule has 62 valence electrons. The summed E-state index contributed by atoms with van der Waals surface area (Å²) in [5.74, 6) is 5.54. The Labute approximate surface area is 72.3 Å². The molecule has 0 spiro atoms. The Bertz CT molecular complexity index is 284. The van der Waals surface area contributed by atoms with E-state index in [9.17, 15) is 5.11 Å². The number of hydrogen-bond donors (Lipinski definition) is 1. The minimum atomic E-state index is -0.557. The van der Waals surface area contributed by atoms with Crippen molar-refractivity contribution in [3.8, 4) is 11.8 Å². The molecule has 1 N–H and O–H groups in total. The Hall–Kier alpha value is -1.33. The van der Waals surface area contributed by atoms with Crippen LogP contribution in [0.5, 0.6) is 0 Å². The van der Waals surface area contributed by atoms with Gasteiger partial charge in [-0.25, -0.2) is 0 Å². The van der Waals surface area contributed by atoms with E-state index in [0.29, 0.717) is 12.1 Å². The molecule has 0 bridgehead atoms. The summed E-state index contributed by atoms with van der Waals surface area (Å²) in [4.78, 5) is 4.01. The van der Waals surface area contributed by atoms with Crippen LogP contribution >= 0.6 is 0 Å². The Kier molecular flexibility index (Phi) is 3.31. The monoisotopic (exact) mass is 161 g/mol. The molecular weight excluding hydrogens is 150 g/mol. The molecule has 0 radical (unpaired) electrons. The maximum atomic E-state index is 9.49. The molecule has 0 saturated heterocycles. The van der Waals surface area contributed by atoms with Crippen molar-refractivity contribution in [2.45, 2.75) is 19.4 Å². The van der Waals surface area contributed by atoms with Gasteiger partial charge < -0.3 is 5.11 Å². The van der Waals surface area contributed by atoms with Crippen LogP contribution in [0.2, 0.25) is 0 Å². The lowest BCUT2D eigenvalue weighted by Gasteiger charge is -2.04. The van der Waals surface area contributed by atoms with Crippen molar-refractivity contribution in [2.75, 3.05) is 0 Å². The topological polar surface area (TPSA) is 33.1 Å². The number of hydrogen-bond acceptors (Lipinski definition) is 2. The molecule has 1 atom stereocenters. The zero-order chi connectivity index (χ0) is 8.81. The predicted octanol–water partition coefficient (Wildman–Crippen LogP) is 1.53. The van der Waals surface area contributed by atoms with Gasteiger partial charge in [-0.3, -0.25) is 4.98 Å². The van der Waals surface area contributed by atoms with Gasteiger partial charge in [0.25, 0.3) is 0 Å². The molecule has 0 aliphatic carbocycles. The molecule has 12 heavy (non-hydrogen) atoms. The smallest absolute Gasteiger partial charge is 0.107 e. The van der Waals surface area contributed by atoms with Gasteiger partial charge in [0.1, 0.15) is 6.10 Å². The van der Waals surface area contributed by atoms with Crippen molar-refractivity contribution in [3.63, 3.8) is 0 Å². The van der Waals surface area contributed by atoms with E-state index in [1.54, 1.807) is 19.2 Å². The average molecular weight is 161 g/mol. The van der Waals surface area contributed by atoms with E-state index in [2.05, 4.69) is 16.8 Å². The third kappa shape index (κ3) is 2.37. The minimum absolute atomic E-state index is 0.452. The zero-order valence-electron chi connectivity index (χ0n) is 6.99. The molecular formula is C10H11NO. The highest BCUT2D eigenvalue weighted by atomic mass is 16.3. The number of aliphatic hydroxyl groups is 1. The molecule has 0 aliphatic heterocycles. The second kappa shape index (κ2) is 4.53. The molecule has 2 nitrogen and oxygen atoms in total. The zero-order valence-corrected chi connectivity index (χ0v) is 6.99. The summed E-state index contributed by atoms with van der Waals surface area (Å²) in [6, 6.07) is 5.47. The van der Waals surface area contributed by atoms with Crippen LogP contribution in [0.15, 0.2) is 24.4 Å². The number of nitrogens with zero attached hydrogens (tertiary/aromatic N) is 1. The van der Waals surface area contributed by atoms with E-state index in [1.807, 2.05) is 12.1 Å². The lowest BCUT2D eigenvalue weighted by molar-refractivity contribution is 0.179. The van der Waals surface area contributed by atoms with Crippen molar-refractivity contribution in [1.29, 1.82) is 0 Å². The number of pyridine rings is 1. The number of aromatic nitrogens is 1. The van der Waals surface area contributed by atoms with Crippen LogP contribution in [0, 0.1) is 11.8 Å². The van der Waals surface area contributed by atoms with Gasteiger partial charge in [0, 0.05) is 12.6 Å². The van der Waals surface area contributed by atoms with Crippen molar-refractivity contribution in [1.82, 2.24) is 4.98 Å². The second-order valence-electron chi connectivity index (χ2n) is 2.40. The van der Waals surface area contributed by atoms with Crippen LogP contribution in [-0.2, 0) is 0 Å². The van der Waals surface area contributed by atoms with Crippen molar-refractivity contribution >= 4 is 0 Å². The van der Waals surface area contributed by atoms with Gasteiger partial charge in [0.15, 0.2) is 0 Å². The van der Waals surface area contributed by atoms with Crippen LogP contribution < -0.4 is 0 Å². The van der Waals surface area contributed by atoms with Crippen molar-refractivity contribution in [2.24, 2.45) is 0 Å². The molecule has 1 aromatic rings. The van der Waals surface area contributed by atoms with E-state index in [4.69, 9.17) is 0 Å². The largest absolute Gasteiger partial charge is 0.386 e. The first-order chi connectivity index (χ1) is 5.84. The molecule has 2 heteroatoms. The second-order valence-corrected chi connectivity index (χ2v) is 2.40. The highest BCUT2D eigenvalue weighted by Crippen LogP contribution is 2.11. The molecule has 1 heterocycles. The Balaban J connectivity index is 2.63. The van der Waals surface area contributed by atoms with Gasteiger partial charge in [0.2, 0.25) is 0 Å². The standard InChI is InChI=1S/C10H11NO/c1-2-3-7-10(12)9-6-4-5-8-11-9/h4-6,8,10,12H,7H2,1H3. The highest BCUT2D eigenvalue weighted by Gasteiger charge is 2.04. The number of rotatable bonds is 2. The molecule has 0 amide bonds. The van der Waals surface area contributed by atoms with E-state index in [0.717, 1.165) is 0 Å². The summed E-state index contributed by atoms with van der Waals surface area (Å²) in [7, 11) is 0. The van der Waals surface area contributed by atoms with Crippen LogP contribution in [0.25, 0.3) is 0 Å². The van der Waals surface area contributed by atoms with E-state index >= 15 is 0 Å². The summed E-state index contributed by atoms with van der Waals surface area (Å²) >= 11 is 0. The average Bonchev–Trinajstić information content (AvgIpc) is 2.15. The first-order valence-corrected chi connectivity index (χ1v) is 3.83. The summed E-state index contributed by atoms with van der Waals surface area (Å²) in [5, 5.41) is 9.49. The van der Waals surface area contributed by atoms with Gasteiger partial charge in [0.05, 0.1) is 5.69 Å². The molecule has 0 fully saturated rings. The SMILES string of the molecule is CC#CCC(O)c1ccccn1. The van der Waals surface area contributed by atoms with Crippen LogP contribution in [0.1, 0.15) is 25.1 Å². The van der Waals surface area contributed by atoms with Crippen LogP contribution in [0.3, 0.4) is 0 Å². The lowest BCUT2D eigenvalue weighted by atomic mass is 10.2. The summed E-state index contributed by atoms with van der Waals surface area (Å²) in [6.07, 6.45) is 1.56. The summed E-state index contributed by atoms with van der Waals surface area (Å²) in [6.45, 7) is 1.76. The Morgan fingerprint density at radius 2 is 2.42 bits per heavy atom. The minimum Gasteiger partial charge on any atom is -0.386 e. The summed E-state index contributed by atoms with van der Waals surface area (Å²) < 4.78 is 0. The highest BCUT2D eigenvalue weighted by molar-refractivity contribution is 5.09. The fourth-order valence-corrected chi connectivity index (χ4v) is 0.876. The summed E-state index contributed by atoms with van der Waals surface area (Å²) in [5.41, 5.74) is 0.681. The third-order valence-corrected chi connectivity index (χ3v) is 1.50. The first kappa shape index (κ1) is 8.76. The lowest BCUT2D eigenvalue weighted by Crippen LogP contribution is -1.97. The molecule has 1 rings (SSSR count). The molecule has 1 aromatic heterocycles. The number of aliphatic hydroxyl groups excluding tert-OH is 1. The maximum absolute atomic E-state index is 9.49. The fraction of sp³-hybridized carbons (Fsp3) is 0.300. The quantitative estimate of drug-likeness (QED) is 0.667. The van der Waals surface area contributed by atoms with Crippen LogP contribution in [0.4, 0.5) is 0 Å². The van der Waals surface area contributed by atoms with Gasteiger partial charge in [-0.05, 0) is 19.1 Å². The predicted molar refractivity (Wildman–Crippen MR) is 47.3 cm³/mol. The van der Waals surface area contributed by atoms with Gasteiger partial charge >= 0.3 is 0 Å². The fourth-order valence-electron chi connectivity index (χ4n) is 0.876. The molecule has 0 aromatic carbocycles. The van der Waals surface area contributed by atoms with Gasteiger partial charge in [-0.2, -0.15) is 0 Å². The van der Waals surface area contributed by atoms with E-state index in [1.165, 1.54) is 0 Å². The van der Waals surface area contributed by atoms with Crippen molar-refractivity contribution in [3.05, 3.63) is 30.1 Å². The molecule has 0 saturated carbocycles.